The van der Waals surface area contributed by atoms with E-state index in [-0.39, 0.29) is 15.8 Å². The van der Waals surface area contributed by atoms with E-state index < -0.39 is 27.8 Å². The summed E-state index contributed by atoms with van der Waals surface area (Å²) in [6, 6.07) is 7.57. The lowest BCUT2D eigenvalue weighted by molar-refractivity contribution is 0.153. The highest BCUT2D eigenvalue weighted by Crippen LogP contribution is 2.36. The van der Waals surface area contributed by atoms with Gasteiger partial charge in [-0.3, -0.25) is 0 Å². The summed E-state index contributed by atoms with van der Waals surface area (Å²) in [6.45, 7) is 1.54. The molecule has 0 radical (unpaired) electrons. The lowest BCUT2D eigenvalue weighted by Gasteiger charge is -2.30. The van der Waals surface area contributed by atoms with Gasteiger partial charge in [0.15, 0.2) is 0 Å². The number of ether oxygens (including phenoxy) is 1. The van der Waals surface area contributed by atoms with E-state index in [1.807, 2.05) is 0 Å². The zero-order valence-electron chi connectivity index (χ0n) is 16.3. The molecule has 2 heterocycles. The van der Waals surface area contributed by atoms with Crippen LogP contribution in [0, 0.1) is 5.82 Å². The van der Waals surface area contributed by atoms with Crippen molar-refractivity contribution in [1.29, 1.82) is 0 Å². The maximum atomic E-state index is 13.8. The van der Waals surface area contributed by atoms with Crippen molar-refractivity contribution in [1.82, 2.24) is 3.97 Å². The Balaban J connectivity index is 1.87. The number of hydrogen-bond acceptors (Lipinski definition) is 4. The molecule has 4 rings (SSSR count). The van der Waals surface area contributed by atoms with Gasteiger partial charge in [-0.05, 0) is 55.7 Å². The molecule has 1 fully saturated rings. The first kappa shape index (κ1) is 20.6. The monoisotopic (exact) mass is 438 g/mol. The van der Waals surface area contributed by atoms with Gasteiger partial charge >= 0.3 is 0 Å². The van der Waals surface area contributed by atoms with Crippen molar-refractivity contribution in [3.8, 4) is 5.75 Å². The molecular formula is C21H21F3N2O3S. The van der Waals surface area contributed by atoms with Crippen LogP contribution in [-0.4, -0.2) is 32.6 Å². The largest absolute Gasteiger partial charge is 0.495 e. The van der Waals surface area contributed by atoms with Crippen molar-refractivity contribution in [3.05, 3.63) is 54.0 Å². The van der Waals surface area contributed by atoms with E-state index in [9.17, 15) is 21.6 Å². The van der Waals surface area contributed by atoms with Gasteiger partial charge < -0.3 is 9.64 Å². The van der Waals surface area contributed by atoms with Crippen LogP contribution in [0.15, 0.2) is 47.5 Å². The second-order valence-electron chi connectivity index (χ2n) is 7.23. The Morgan fingerprint density at radius 1 is 1.03 bits per heavy atom. The Labute approximate surface area is 172 Å². The average molecular weight is 438 g/mol. The van der Waals surface area contributed by atoms with Crippen LogP contribution in [0.25, 0.3) is 10.9 Å². The van der Waals surface area contributed by atoms with Crippen LogP contribution in [-0.2, 0) is 10.0 Å². The molecule has 30 heavy (non-hydrogen) atoms. The van der Waals surface area contributed by atoms with Gasteiger partial charge in [-0.2, -0.15) is 0 Å². The fraction of sp³-hybridized carbons (Fsp3) is 0.333. The minimum atomic E-state index is -4.25. The van der Waals surface area contributed by atoms with Gasteiger partial charge in [0.1, 0.15) is 11.6 Å². The number of aromatic nitrogens is 1. The number of hydrogen-bond donors (Lipinski definition) is 0. The van der Waals surface area contributed by atoms with Gasteiger partial charge in [-0.1, -0.05) is 0 Å². The fourth-order valence-electron chi connectivity index (χ4n) is 3.90. The molecule has 1 aliphatic rings. The van der Waals surface area contributed by atoms with Crippen LogP contribution >= 0.6 is 0 Å². The zero-order chi connectivity index (χ0) is 21.5. The molecule has 0 unspecified atom stereocenters. The van der Waals surface area contributed by atoms with Crippen molar-refractivity contribution < 1.29 is 26.3 Å². The minimum absolute atomic E-state index is 0.000240. The predicted molar refractivity (Wildman–Crippen MR) is 108 cm³/mol. The Bertz CT molecular complexity index is 1190. The number of rotatable bonds is 5. The van der Waals surface area contributed by atoms with Crippen molar-refractivity contribution in [2.24, 2.45) is 0 Å². The number of methoxy groups -OCH3 is 1. The lowest BCUT2D eigenvalue weighted by Crippen LogP contribution is -2.30. The molecule has 5 nitrogen and oxygen atoms in total. The Morgan fingerprint density at radius 3 is 2.43 bits per heavy atom. The number of piperidine rings is 1. The second kappa shape index (κ2) is 7.86. The number of halogens is 3. The van der Waals surface area contributed by atoms with E-state index in [4.69, 9.17) is 4.74 Å². The Hall–Kier alpha value is -2.68. The first-order valence-electron chi connectivity index (χ1n) is 9.60. The summed E-state index contributed by atoms with van der Waals surface area (Å²) in [7, 11) is -2.74. The van der Waals surface area contributed by atoms with Crippen molar-refractivity contribution in [3.63, 3.8) is 0 Å². The SMILES string of the molecule is COc1ccc(S(=O)(=O)n2cc(C(F)F)c3ccc(F)cc32)cc1N1CCCCC1. The van der Waals surface area contributed by atoms with Gasteiger partial charge in [0.05, 0.1) is 23.2 Å². The summed E-state index contributed by atoms with van der Waals surface area (Å²) in [5.74, 6) is -0.172. The standard InChI is InChI=1S/C21H21F3N2O3S/c1-29-20-8-6-15(12-19(20)25-9-3-2-4-10-25)30(27,28)26-13-17(21(23)24)16-7-5-14(22)11-18(16)26/h5-8,11-13,21H,2-4,9-10H2,1H3. The molecule has 0 N–H and O–H groups in total. The highest BCUT2D eigenvalue weighted by atomic mass is 32.2. The van der Waals surface area contributed by atoms with Gasteiger partial charge in [-0.15, -0.1) is 0 Å². The van der Waals surface area contributed by atoms with Gasteiger partial charge in [-0.25, -0.2) is 25.6 Å². The van der Waals surface area contributed by atoms with E-state index in [2.05, 4.69) is 4.90 Å². The van der Waals surface area contributed by atoms with Crippen LogP contribution in [0.4, 0.5) is 18.9 Å². The van der Waals surface area contributed by atoms with Crippen LogP contribution in [0.1, 0.15) is 31.3 Å². The lowest BCUT2D eigenvalue weighted by atomic mass is 10.1. The van der Waals surface area contributed by atoms with Crippen molar-refractivity contribution in [2.75, 3.05) is 25.1 Å². The smallest absolute Gasteiger partial charge is 0.268 e. The quantitative estimate of drug-likeness (QED) is 0.565. The van der Waals surface area contributed by atoms with Gasteiger partial charge in [0.25, 0.3) is 16.4 Å². The van der Waals surface area contributed by atoms with Gasteiger partial charge in [0.2, 0.25) is 0 Å². The van der Waals surface area contributed by atoms with E-state index in [1.54, 1.807) is 6.07 Å². The average Bonchev–Trinajstić information content (AvgIpc) is 3.13. The van der Waals surface area contributed by atoms with E-state index in [0.717, 1.165) is 54.7 Å². The summed E-state index contributed by atoms with van der Waals surface area (Å²) in [5.41, 5.74) is 0.0500. The number of benzene rings is 2. The molecule has 1 saturated heterocycles. The van der Waals surface area contributed by atoms with Crippen LogP contribution < -0.4 is 9.64 Å². The topological polar surface area (TPSA) is 51.5 Å². The second-order valence-corrected chi connectivity index (χ2v) is 9.04. The molecule has 2 aromatic carbocycles. The highest BCUT2D eigenvalue weighted by Gasteiger charge is 2.26. The van der Waals surface area contributed by atoms with Crippen molar-refractivity contribution in [2.45, 2.75) is 30.6 Å². The maximum absolute atomic E-state index is 13.8. The minimum Gasteiger partial charge on any atom is -0.495 e. The third-order valence-electron chi connectivity index (χ3n) is 5.40. The molecule has 1 aliphatic heterocycles. The molecule has 0 saturated carbocycles. The molecule has 0 bridgehead atoms. The first-order chi connectivity index (χ1) is 14.3. The summed E-state index contributed by atoms with van der Waals surface area (Å²) in [5, 5.41) is -0.000240. The molecular weight excluding hydrogens is 417 g/mol. The van der Waals surface area contributed by atoms with E-state index >= 15 is 0 Å². The molecule has 0 amide bonds. The number of nitrogens with zero attached hydrogens (tertiary/aromatic N) is 2. The molecule has 0 spiro atoms. The summed E-state index contributed by atoms with van der Waals surface area (Å²) >= 11 is 0. The normalized spacial score (nSPS) is 15.2. The first-order valence-corrected chi connectivity index (χ1v) is 11.0. The number of anilines is 1. The highest BCUT2D eigenvalue weighted by molar-refractivity contribution is 7.90. The molecule has 1 aromatic heterocycles. The molecule has 0 atom stereocenters. The summed E-state index contributed by atoms with van der Waals surface area (Å²) in [6.07, 6.45) is 1.05. The Morgan fingerprint density at radius 2 is 1.77 bits per heavy atom. The summed E-state index contributed by atoms with van der Waals surface area (Å²) in [4.78, 5) is 1.98. The van der Waals surface area contributed by atoms with E-state index in [0.29, 0.717) is 11.4 Å². The van der Waals surface area contributed by atoms with Crippen LogP contribution in [0.2, 0.25) is 0 Å². The molecule has 9 heteroatoms. The predicted octanol–water partition coefficient (Wildman–Crippen LogP) is 4.95. The third-order valence-corrected chi connectivity index (χ3v) is 7.07. The molecule has 0 aliphatic carbocycles. The maximum Gasteiger partial charge on any atom is 0.268 e. The number of fused-ring (bicyclic) bond motifs is 1. The third kappa shape index (κ3) is 3.51. The fourth-order valence-corrected chi connectivity index (χ4v) is 5.29. The van der Waals surface area contributed by atoms with E-state index in [1.165, 1.54) is 25.3 Å². The van der Waals surface area contributed by atoms with Crippen molar-refractivity contribution >= 4 is 26.6 Å². The number of alkyl halides is 2. The molecule has 160 valence electrons. The molecule has 3 aromatic rings. The summed E-state index contributed by atoms with van der Waals surface area (Å²) < 4.78 is 73.6. The van der Waals surface area contributed by atoms with Gasteiger partial charge in [0, 0.05) is 30.2 Å². The zero-order valence-corrected chi connectivity index (χ0v) is 17.1. The Kier molecular flexibility index (Phi) is 5.40. The van der Waals surface area contributed by atoms with Crippen LogP contribution in [0.5, 0.6) is 5.75 Å². The van der Waals surface area contributed by atoms with Crippen LogP contribution in [0.3, 0.4) is 0 Å².